The zero-order chi connectivity index (χ0) is 18.1. The maximum atomic E-state index is 11.8. The van der Waals surface area contributed by atoms with Crippen molar-refractivity contribution in [3.05, 3.63) is 42.1 Å². The van der Waals surface area contributed by atoms with Crippen molar-refractivity contribution in [3.63, 3.8) is 0 Å². The van der Waals surface area contributed by atoms with Crippen LogP contribution in [0.4, 0.5) is 5.82 Å². The number of aryl methyl sites for hydroxylation is 3. The summed E-state index contributed by atoms with van der Waals surface area (Å²) in [4.78, 5) is 27.6. The molecule has 130 valence electrons. The second kappa shape index (κ2) is 6.78. The van der Waals surface area contributed by atoms with E-state index in [2.05, 4.69) is 10.3 Å². The Balaban J connectivity index is 1.67. The first-order valence-corrected chi connectivity index (χ1v) is 8.65. The Hall–Kier alpha value is -2.90. The molecule has 1 amide bonds. The minimum Gasteiger partial charge on any atom is -0.353 e. The van der Waals surface area contributed by atoms with Gasteiger partial charge in [-0.15, -0.1) is 0 Å². The SMILES string of the molecule is [B]c1cn(C)c(CCc2nc(N3CCNC(=O)C3)c3ccccc3n2)n1. The van der Waals surface area contributed by atoms with Crippen LogP contribution in [0.2, 0.25) is 0 Å². The maximum absolute atomic E-state index is 11.8. The minimum atomic E-state index is 0.0176. The average Bonchev–Trinajstić information content (AvgIpc) is 2.96. The molecule has 0 bridgehead atoms. The number of carbonyl (C=O) groups is 1. The monoisotopic (exact) mass is 346 g/mol. The van der Waals surface area contributed by atoms with E-state index in [9.17, 15) is 4.79 Å². The highest BCUT2D eigenvalue weighted by Gasteiger charge is 2.20. The number of aromatic nitrogens is 4. The third kappa shape index (κ3) is 3.27. The lowest BCUT2D eigenvalue weighted by atomic mass is 10.1. The van der Waals surface area contributed by atoms with Crippen LogP contribution in [0.15, 0.2) is 30.5 Å². The Kier molecular flexibility index (Phi) is 4.32. The summed E-state index contributed by atoms with van der Waals surface area (Å²) in [5.41, 5.74) is 1.40. The fraction of sp³-hybridized carbons (Fsp3) is 0.333. The summed E-state index contributed by atoms with van der Waals surface area (Å²) in [6, 6.07) is 7.91. The predicted molar refractivity (Wildman–Crippen MR) is 101 cm³/mol. The minimum absolute atomic E-state index is 0.0176. The van der Waals surface area contributed by atoms with Gasteiger partial charge in [0, 0.05) is 50.2 Å². The van der Waals surface area contributed by atoms with E-state index in [4.69, 9.17) is 17.8 Å². The fourth-order valence-corrected chi connectivity index (χ4v) is 3.26. The summed E-state index contributed by atoms with van der Waals surface area (Å²) in [5, 5.41) is 3.82. The van der Waals surface area contributed by atoms with Crippen molar-refractivity contribution in [3.8, 4) is 0 Å². The molecule has 7 nitrogen and oxygen atoms in total. The molecule has 1 N–H and O–H groups in total. The second-order valence-electron chi connectivity index (χ2n) is 6.44. The van der Waals surface area contributed by atoms with Crippen LogP contribution in [-0.4, -0.2) is 52.9 Å². The highest BCUT2D eigenvalue weighted by Crippen LogP contribution is 2.24. The topological polar surface area (TPSA) is 75.9 Å². The molecule has 0 atom stereocenters. The lowest BCUT2D eigenvalue weighted by Crippen LogP contribution is -2.48. The normalized spacial score (nSPS) is 14.7. The fourth-order valence-electron chi connectivity index (χ4n) is 3.26. The van der Waals surface area contributed by atoms with Crippen LogP contribution in [0.25, 0.3) is 10.9 Å². The molecule has 0 saturated carbocycles. The lowest BCUT2D eigenvalue weighted by molar-refractivity contribution is -0.120. The first-order valence-electron chi connectivity index (χ1n) is 8.65. The Morgan fingerprint density at radius 2 is 2.04 bits per heavy atom. The van der Waals surface area contributed by atoms with Gasteiger partial charge in [-0.05, 0) is 12.1 Å². The quantitative estimate of drug-likeness (QED) is 0.667. The second-order valence-corrected chi connectivity index (χ2v) is 6.44. The molecule has 3 heterocycles. The molecule has 1 fully saturated rings. The molecule has 3 aromatic rings. The Morgan fingerprint density at radius 3 is 2.81 bits per heavy atom. The highest BCUT2D eigenvalue weighted by molar-refractivity contribution is 6.30. The van der Waals surface area contributed by atoms with Crippen LogP contribution in [-0.2, 0) is 24.7 Å². The number of nitrogens with zero attached hydrogens (tertiary/aromatic N) is 5. The molecular weight excluding hydrogens is 327 g/mol. The van der Waals surface area contributed by atoms with Crippen molar-refractivity contribution in [2.24, 2.45) is 7.05 Å². The molecule has 2 aromatic heterocycles. The largest absolute Gasteiger partial charge is 0.353 e. The van der Waals surface area contributed by atoms with Crippen molar-refractivity contribution >= 4 is 36.1 Å². The molecule has 0 spiro atoms. The van der Waals surface area contributed by atoms with Gasteiger partial charge in [0.25, 0.3) is 0 Å². The summed E-state index contributed by atoms with van der Waals surface area (Å²) in [6.45, 7) is 1.68. The molecule has 8 heteroatoms. The van der Waals surface area contributed by atoms with Crippen molar-refractivity contribution in [1.29, 1.82) is 0 Å². The van der Waals surface area contributed by atoms with Gasteiger partial charge in [0.05, 0.1) is 12.1 Å². The van der Waals surface area contributed by atoms with Crippen molar-refractivity contribution in [1.82, 2.24) is 24.8 Å². The van der Waals surface area contributed by atoms with Crippen LogP contribution >= 0.6 is 0 Å². The number of para-hydroxylation sites is 1. The third-order valence-corrected chi connectivity index (χ3v) is 4.53. The van der Waals surface area contributed by atoms with Gasteiger partial charge in [-0.2, -0.15) is 0 Å². The van der Waals surface area contributed by atoms with E-state index in [0.717, 1.165) is 34.9 Å². The number of imidazole rings is 1. The summed E-state index contributed by atoms with van der Waals surface area (Å²) in [5.74, 6) is 2.48. The molecule has 26 heavy (non-hydrogen) atoms. The summed E-state index contributed by atoms with van der Waals surface area (Å²) < 4.78 is 1.92. The third-order valence-electron chi connectivity index (χ3n) is 4.53. The van der Waals surface area contributed by atoms with Gasteiger partial charge in [0.2, 0.25) is 5.91 Å². The molecule has 1 aliphatic heterocycles. The van der Waals surface area contributed by atoms with Crippen LogP contribution in [0.5, 0.6) is 0 Å². The van der Waals surface area contributed by atoms with Gasteiger partial charge in [-0.25, -0.2) is 15.0 Å². The highest BCUT2D eigenvalue weighted by atomic mass is 16.2. The molecule has 1 saturated heterocycles. The van der Waals surface area contributed by atoms with E-state index in [0.29, 0.717) is 31.5 Å². The van der Waals surface area contributed by atoms with Gasteiger partial charge in [-0.3, -0.25) is 4.79 Å². The number of amides is 1. The molecule has 4 rings (SSSR count). The van der Waals surface area contributed by atoms with E-state index in [1.807, 2.05) is 40.8 Å². The zero-order valence-electron chi connectivity index (χ0n) is 14.6. The van der Waals surface area contributed by atoms with E-state index in [1.165, 1.54) is 0 Å². The maximum Gasteiger partial charge on any atom is 0.239 e. The standard InChI is InChI=1S/C18H19BN6O/c1-24-10-14(19)22-16(24)7-6-15-21-13-5-3-2-4-12(13)18(23-15)25-9-8-20-17(26)11-25/h2-5,10H,6-9,11H2,1H3,(H,20,26). The number of piperazine rings is 1. The van der Waals surface area contributed by atoms with Gasteiger partial charge >= 0.3 is 0 Å². The Morgan fingerprint density at radius 1 is 1.19 bits per heavy atom. The van der Waals surface area contributed by atoms with Crippen LogP contribution in [0, 0.1) is 0 Å². The van der Waals surface area contributed by atoms with Crippen molar-refractivity contribution in [2.75, 3.05) is 24.5 Å². The first-order chi connectivity index (χ1) is 12.6. The lowest BCUT2D eigenvalue weighted by Gasteiger charge is -2.28. The van der Waals surface area contributed by atoms with E-state index in [-0.39, 0.29) is 5.91 Å². The number of benzene rings is 1. The number of fused-ring (bicyclic) bond motifs is 1. The molecule has 1 aromatic carbocycles. The number of hydrogen-bond donors (Lipinski definition) is 1. The smallest absolute Gasteiger partial charge is 0.239 e. The molecule has 2 radical (unpaired) electrons. The first kappa shape index (κ1) is 16.6. The summed E-state index contributed by atoms with van der Waals surface area (Å²) in [6.07, 6.45) is 3.16. The zero-order valence-corrected chi connectivity index (χ0v) is 14.6. The number of hydrogen-bond acceptors (Lipinski definition) is 5. The number of rotatable bonds is 4. The molecular formula is C18H19BN6O. The van der Waals surface area contributed by atoms with Gasteiger partial charge in [0.1, 0.15) is 25.3 Å². The predicted octanol–water partition coefficient (Wildman–Crippen LogP) is -0.121. The van der Waals surface area contributed by atoms with Crippen molar-refractivity contribution in [2.45, 2.75) is 12.8 Å². The summed E-state index contributed by atoms with van der Waals surface area (Å²) in [7, 11) is 7.68. The van der Waals surface area contributed by atoms with Crippen molar-refractivity contribution < 1.29 is 4.79 Å². The van der Waals surface area contributed by atoms with Crippen LogP contribution in [0.1, 0.15) is 11.6 Å². The van der Waals surface area contributed by atoms with Gasteiger partial charge in [-0.1, -0.05) is 12.1 Å². The molecule has 1 aliphatic rings. The molecule has 0 unspecified atom stereocenters. The number of nitrogens with one attached hydrogen (secondary N) is 1. The average molecular weight is 346 g/mol. The Bertz CT molecular complexity index is 969. The van der Waals surface area contributed by atoms with Crippen LogP contribution in [0.3, 0.4) is 0 Å². The number of carbonyl (C=O) groups excluding carboxylic acids is 1. The van der Waals surface area contributed by atoms with E-state index in [1.54, 1.807) is 6.20 Å². The molecule has 0 aliphatic carbocycles. The Labute approximate surface area is 152 Å². The van der Waals surface area contributed by atoms with E-state index >= 15 is 0 Å². The summed E-state index contributed by atoms with van der Waals surface area (Å²) >= 11 is 0. The van der Waals surface area contributed by atoms with Crippen LogP contribution < -0.4 is 15.8 Å². The van der Waals surface area contributed by atoms with E-state index < -0.39 is 0 Å². The van der Waals surface area contributed by atoms with Gasteiger partial charge < -0.3 is 14.8 Å². The van der Waals surface area contributed by atoms with Gasteiger partial charge in [0.15, 0.2) is 0 Å². The number of anilines is 1.